The van der Waals surface area contributed by atoms with Crippen LogP contribution in [0.3, 0.4) is 0 Å². The predicted octanol–water partition coefficient (Wildman–Crippen LogP) is 5.09. The summed E-state index contributed by atoms with van der Waals surface area (Å²) in [5, 5.41) is 16.5. The Morgan fingerprint density at radius 3 is 2.38 bits per heavy atom. The number of para-hydroxylation sites is 2. The maximum Gasteiger partial charge on any atom is 0.408 e. The number of halogens is 1. The van der Waals surface area contributed by atoms with Gasteiger partial charge in [0.05, 0.1) is 10.7 Å². The van der Waals surface area contributed by atoms with Crippen molar-refractivity contribution in [2.45, 2.75) is 64.8 Å². The number of thiol groups is 1. The SMILES string of the molecule is Cc1cccc(Cl)c1NC(=O)C(c1ccccc1O)N(C(=O)C(CS)NC(=O)OC(C)(C)C)C1CC1C. The summed E-state index contributed by atoms with van der Waals surface area (Å²) in [6, 6.07) is 9.09. The van der Waals surface area contributed by atoms with E-state index in [0.717, 1.165) is 5.56 Å². The molecular weight excluding hydrogens is 514 g/mol. The summed E-state index contributed by atoms with van der Waals surface area (Å²) in [6.45, 7) is 8.94. The monoisotopic (exact) mass is 547 g/mol. The lowest BCUT2D eigenvalue weighted by molar-refractivity contribution is -0.141. The minimum absolute atomic E-state index is 0.0194. The van der Waals surface area contributed by atoms with E-state index in [0.29, 0.717) is 17.1 Å². The Kier molecular flexibility index (Phi) is 9.02. The average Bonchev–Trinajstić information content (AvgIpc) is 3.53. The van der Waals surface area contributed by atoms with Crippen LogP contribution < -0.4 is 10.6 Å². The molecule has 3 rings (SSSR count). The van der Waals surface area contributed by atoms with Crippen LogP contribution in [0.15, 0.2) is 42.5 Å². The number of anilines is 1. The third-order valence-corrected chi connectivity index (χ3v) is 6.76. The summed E-state index contributed by atoms with van der Waals surface area (Å²) in [5.74, 6) is -1.08. The van der Waals surface area contributed by atoms with E-state index in [1.54, 1.807) is 51.1 Å². The molecule has 1 aliphatic rings. The minimum atomic E-state index is -1.19. The number of benzene rings is 2. The van der Waals surface area contributed by atoms with Crippen molar-refractivity contribution >= 4 is 47.8 Å². The van der Waals surface area contributed by atoms with Crippen LogP contribution >= 0.6 is 24.2 Å². The van der Waals surface area contributed by atoms with Crippen LogP contribution in [0, 0.1) is 12.8 Å². The number of ether oxygens (including phenoxy) is 1. The first-order chi connectivity index (χ1) is 17.3. The van der Waals surface area contributed by atoms with Gasteiger partial charge in [-0.05, 0) is 57.7 Å². The lowest BCUT2D eigenvalue weighted by Gasteiger charge is -2.35. The standard InChI is InChI=1S/C27H34ClN3O5S/c1-15-9-8-11-18(28)22(15)30-24(33)23(17-10-6-7-12-21(17)32)31(20-13-16(20)2)25(34)19(14-37)29-26(35)36-27(3,4)5/h6-12,16,19-20,23,32,37H,13-14H2,1-5H3,(H,29,35)(H,30,33). The van der Waals surface area contributed by atoms with Gasteiger partial charge in [0.1, 0.15) is 23.4 Å². The van der Waals surface area contributed by atoms with E-state index in [-0.39, 0.29) is 29.0 Å². The number of amides is 3. The Labute approximate surface area is 228 Å². The molecule has 1 aliphatic carbocycles. The molecule has 3 N–H and O–H groups in total. The molecule has 4 unspecified atom stereocenters. The van der Waals surface area contributed by atoms with Crippen molar-refractivity contribution in [1.82, 2.24) is 10.2 Å². The number of aromatic hydroxyl groups is 1. The van der Waals surface area contributed by atoms with Crippen molar-refractivity contribution in [1.29, 1.82) is 0 Å². The maximum absolute atomic E-state index is 13.9. The van der Waals surface area contributed by atoms with Crippen molar-refractivity contribution in [3.05, 3.63) is 58.6 Å². The number of phenolic OH excluding ortho intramolecular Hbond substituents is 1. The molecule has 0 heterocycles. The van der Waals surface area contributed by atoms with Gasteiger partial charge in [0.2, 0.25) is 5.91 Å². The molecule has 8 nitrogen and oxygen atoms in total. The number of hydrogen-bond donors (Lipinski definition) is 4. The summed E-state index contributed by atoms with van der Waals surface area (Å²) in [6.07, 6.45) is -0.0982. The minimum Gasteiger partial charge on any atom is -0.508 e. The van der Waals surface area contributed by atoms with Gasteiger partial charge >= 0.3 is 6.09 Å². The van der Waals surface area contributed by atoms with Crippen LogP contribution in [0.4, 0.5) is 10.5 Å². The number of carbonyl (C=O) groups excluding carboxylic acids is 3. The lowest BCUT2D eigenvalue weighted by atomic mass is 10.0. The van der Waals surface area contributed by atoms with Gasteiger partial charge in [-0.3, -0.25) is 9.59 Å². The first-order valence-electron chi connectivity index (χ1n) is 12.1. The third-order valence-electron chi connectivity index (χ3n) is 6.08. The van der Waals surface area contributed by atoms with Crippen molar-refractivity contribution in [2.24, 2.45) is 5.92 Å². The molecule has 37 heavy (non-hydrogen) atoms. The summed E-state index contributed by atoms with van der Waals surface area (Å²) in [7, 11) is 0. The van der Waals surface area contributed by atoms with Crippen molar-refractivity contribution in [2.75, 3.05) is 11.1 Å². The number of rotatable bonds is 8. The van der Waals surface area contributed by atoms with Gasteiger partial charge in [-0.25, -0.2) is 4.79 Å². The number of hydrogen-bond acceptors (Lipinski definition) is 6. The highest BCUT2D eigenvalue weighted by Crippen LogP contribution is 2.43. The number of alkyl carbamates (subject to hydrolysis) is 1. The Balaban J connectivity index is 2.02. The Bertz CT molecular complexity index is 1150. The molecule has 0 radical (unpaired) electrons. The molecule has 0 aromatic heterocycles. The highest BCUT2D eigenvalue weighted by atomic mass is 35.5. The number of nitrogens with zero attached hydrogens (tertiary/aromatic N) is 1. The second kappa shape index (κ2) is 11.6. The third kappa shape index (κ3) is 7.11. The van der Waals surface area contributed by atoms with Crippen LogP contribution in [0.1, 0.15) is 51.3 Å². The van der Waals surface area contributed by atoms with Crippen LogP contribution in [0.5, 0.6) is 5.75 Å². The molecule has 2 aromatic carbocycles. The molecule has 200 valence electrons. The smallest absolute Gasteiger partial charge is 0.408 e. The van der Waals surface area contributed by atoms with Gasteiger partial charge in [0.25, 0.3) is 5.91 Å². The first-order valence-corrected chi connectivity index (χ1v) is 13.1. The van der Waals surface area contributed by atoms with E-state index >= 15 is 0 Å². The van der Waals surface area contributed by atoms with Crippen LogP contribution in [-0.2, 0) is 14.3 Å². The lowest BCUT2D eigenvalue weighted by Crippen LogP contribution is -2.54. The summed E-state index contributed by atoms with van der Waals surface area (Å²) >= 11 is 10.7. The highest BCUT2D eigenvalue weighted by Gasteiger charge is 2.48. The second-order valence-electron chi connectivity index (χ2n) is 10.3. The van der Waals surface area contributed by atoms with Crippen LogP contribution in [0.25, 0.3) is 0 Å². The van der Waals surface area contributed by atoms with E-state index in [1.165, 1.54) is 11.0 Å². The number of nitrogens with one attached hydrogen (secondary N) is 2. The second-order valence-corrected chi connectivity index (χ2v) is 11.1. The largest absolute Gasteiger partial charge is 0.508 e. The summed E-state index contributed by atoms with van der Waals surface area (Å²) in [4.78, 5) is 41.7. The van der Waals surface area contributed by atoms with E-state index in [2.05, 4.69) is 23.3 Å². The van der Waals surface area contributed by atoms with Crippen molar-refractivity contribution < 1.29 is 24.2 Å². The zero-order chi connectivity index (χ0) is 27.5. The molecule has 0 spiro atoms. The maximum atomic E-state index is 13.9. The highest BCUT2D eigenvalue weighted by molar-refractivity contribution is 7.80. The fraction of sp³-hybridized carbons (Fsp3) is 0.444. The predicted molar refractivity (Wildman–Crippen MR) is 147 cm³/mol. The Morgan fingerprint density at radius 1 is 1.19 bits per heavy atom. The number of carbonyl (C=O) groups is 3. The fourth-order valence-corrected chi connectivity index (χ4v) is 4.62. The molecule has 0 bridgehead atoms. The van der Waals surface area contributed by atoms with E-state index < -0.39 is 35.6 Å². The normalized spacial score (nSPS) is 18.4. The topological polar surface area (TPSA) is 108 Å². The quantitative estimate of drug-likeness (QED) is 0.344. The molecular formula is C27H34ClN3O5S. The molecule has 1 saturated carbocycles. The zero-order valence-corrected chi connectivity index (χ0v) is 23.3. The summed E-state index contributed by atoms with van der Waals surface area (Å²) in [5.41, 5.74) is 0.662. The van der Waals surface area contributed by atoms with E-state index in [4.69, 9.17) is 16.3 Å². The van der Waals surface area contributed by atoms with Crippen LogP contribution in [-0.4, -0.2) is 51.4 Å². The van der Waals surface area contributed by atoms with Crippen LogP contribution in [0.2, 0.25) is 5.02 Å². The fourth-order valence-electron chi connectivity index (χ4n) is 4.11. The number of aryl methyl sites for hydroxylation is 1. The van der Waals surface area contributed by atoms with Crippen molar-refractivity contribution in [3.8, 4) is 5.75 Å². The first kappa shape index (κ1) is 28.7. The Morgan fingerprint density at radius 2 is 1.84 bits per heavy atom. The van der Waals surface area contributed by atoms with Gasteiger partial charge in [-0.15, -0.1) is 0 Å². The molecule has 3 amide bonds. The molecule has 0 aliphatic heterocycles. The van der Waals surface area contributed by atoms with Crippen molar-refractivity contribution in [3.63, 3.8) is 0 Å². The molecule has 10 heteroatoms. The van der Waals surface area contributed by atoms with E-state index in [9.17, 15) is 19.5 Å². The summed E-state index contributed by atoms with van der Waals surface area (Å²) < 4.78 is 5.33. The molecule has 4 atom stereocenters. The Hall–Kier alpha value is -2.91. The number of phenols is 1. The molecule has 2 aromatic rings. The van der Waals surface area contributed by atoms with Gasteiger partial charge in [-0.2, -0.15) is 12.6 Å². The molecule has 0 saturated heterocycles. The van der Waals surface area contributed by atoms with Gasteiger partial charge in [-0.1, -0.05) is 48.9 Å². The average molecular weight is 548 g/mol. The van der Waals surface area contributed by atoms with Gasteiger partial charge < -0.3 is 25.4 Å². The molecule has 1 fully saturated rings. The zero-order valence-electron chi connectivity index (χ0n) is 21.6. The van der Waals surface area contributed by atoms with Gasteiger partial charge in [0.15, 0.2) is 0 Å². The van der Waals surface area contributed by atoms with E-state index in [1.807, 2.05) is 19.9 Å². The van der Waals surface area contributed by atoms with Gasteiger partial charge in [0, 0.05) is 17.4 Å².